The summed E-state index contributed by atoms with van der Waals surface area (Å²) in [7, 11) is 0. The number of nitrogens with one attached hydrogen (secondary N) is 3. The molecule has 2 aromatic rings. The number of amides is 3. The Morgan fingerprint density at radius 2 is 1.46 bits per heavy atom. The van der Waals surface area contributed by atoms with Crippen molar-refractivity contribution in [3.63, 3.8) is 0 Å². The second-order valence-electron chi connectivity index (χ2n) is 5.27. The van der Waals surface area contributed by atoms with Crippen molar-refractivity contribution in [2.45, 2.75) is 6.42 Å². The lowest BCUT2D eigenvalue weighted by Gasteiger charge is -2.13. The lowest BCUT2D eigenvalue weighted by molar-refractivity contribution is -0.112. The molecule has 0 aromatic heterocycles. The van der Waals surface area contributed by atoms with Crippen molar-refractivity contribution in [2.24, 2.45) is 0 Å². The molecule has 1 aliphatic carbocycles. The minimum Gasteiger partial charge on any atom is -0.320 e. The van der Waals surface area contributed by atoms with Crippen LogP contribution in [0.2, 0.25) is 0 Å². The van der Waals surface area contributed by atoms with E-state index in [1.165, 1.54) is 0 Å². The normalized spacial score (nSPS) is 12.4. The highest BCUT2D eigenvalue weighted by atomic mass is 16.2. The van der Waals surface area contributed by atoms with Crippen molar-refractivity contribution in [3.8, 4) is 0 Å². The fourth-order valence-corrected chi connectivity index (χ4v) is 2.33. The summed E-state index contributed by atoms with van der Waals surface area (Å²) in [6.07, 6.45) is 6.18. The highest BCUT2D eigenvalue weighted by Crippen LogP contribution is 2.23. The Morgan fingerprint density at radius 1 is 0.792 bits per heavy atom. The smallest absolute Gasteiger partial charge is 0.320 e. The van der Waals surface area contributed by atoms with Gasteiger partial charge in [0.05, 0.1) is 11.4 Å². The average Bonchev–Trinajstić information content (AvgIpc) is 3.12. The summed E-state index contributed by atoms with van der Waals surface area (Å²) in [5, 5.41) is 8.33. The molecule has 0 bridgehead atoms. The summed E-state index contributed by atoms with van der Waals surface area (Å²) < 4.78 is 0. The second-order valence-corrected chi connectivity index (χ2v) is 5.27. The molecule has 0 atom stereocenters. The molecule has 120 valence electrons. The van der Waals surface area contributed by atoms with E-state index in [2.05, 4.69) is 16.0 Å². The van der Waals surface area contributed by atoms with E-state index in [1.807, 2.05) is 30.4 Å². The van der Waals surface area contributed by atoms with E-state index in [0.29, 0.717) is 29.1 Å². The van der Waals surface area contributed by atoms with Crippen molar-refractivity contribution >= 4 is 29.0 Å². The quantitative estimate of drug-likeness (QED) is 0.792. The van der Waals surface area contributed by atoms with E-state index in [1.54, 1.807) is 42.5 Å². The van der Waals surface area contributed by atoms with Gasteiger partial charge in [-0.25, -0.2) is 4.79 Å². The van der Waals surface area contributed by atoms with Crippen LogP contribution in [0.3, 0.4) is 0 Å². The van der Waals surface area contributed by atoms with Gasteiger partial charge in [-0.1, -0.05) is 48.6 Å². The molecule has 0 heterocycles. The van der Waals surface area contributed by atoms with Crippen molar-refractivity contribution in [2.75, 3.05) is 16.0 Å². The van der Waals surface area contributed by atoms with Gasteiger partial charge in [-0.05, 0) is 30.7 Å². The molecule has 0 unspecified atom stereocenters. The summed E-state index contributed by atoms with van der Waals surface area (Å²) in [6.45, 7) is 0. The highest BCUT2D eigenvalue weighted by molar-refractivity contribution is 6.08. The maximum absolute atomic E-state index is 12.2. The predicted octanol–water partition coefficient (Wildman–Crippen LogP) is 4.16. The zero-order valence-electron chi connectivity index (χ0n) is 13.0. The highest BCUT2D eigenvalue weighted by Gasteiger charge is 2.13. The van der Waals surface area contributed by atoms with Gasteiger partial charge in [0.2, 0.25) is 0 Å². The maximum atomic E-state index is 12.2. The van der Waals surface area contributed by atoms with E-state index in [0.717, 1.165) is 0 Å². The molecule has 5 nitrogen and oxygen atoms in total. The number of carbonyl (C=O) groups excluding carboxylic acids is 2. The third-order valence-electron chi connectivity index (χ3n) is 3.52. The molecule has 0 fully saturated rings. The van der Waals surface area contributed by atoms with Crippen LogP contribution in [0.15, 0.2) is 78.4 Å². The molecule has 3 amide bonds. The monoisotopic (exact) mass is 319 g/mol. The number of anilines is 3. The SMILES string of the molecule is O=C(Nc1ccccc1)Nc1ccccc1NC(=O)C1=CC=CC1. The number of para-hydroxylation sites is 3. The van der Waals surface area contributed by atoms with Gasteiger partial charge in [0, 0.05) is 11.3 Å². The first-order chi connectivity index (χ1) is 11.7. The van der Waals surface area contributed by atoms with Crippen LogP contribution in [0.25, 0.3) is 0 Å². The molecule has 0 saturated heterocycles. The third kappa shape index (κ3) is 3.89. The molecule has 0 aliphatic heterocycles. The lowest BCUT2D eigenvalue weighted by atomic mass is 10.2. The van der Waals surface area contributed by atoms with Crippen molar-refractivity contribution in [1.82, 2.24) is 0 Å². The zero-order valence-corrected chi connectivity index (χ0v) is 13.0. The summed E-state index contributed by atoms with van der Waals surface area (Å²) in [5.74, 6) is -0.169. The zero-order chi connectivity index (χ0) is 16.8. The number of allylic oxidation sites excluding steroid dienone is 3. The molecule has 24 heavy (non-hydrogen) atoms. The number of hydrogen-bond acceptors (Lipinski definition) is 2. The van der Waals surface area contributed by atoms with E-state index in [-0.39, 0.29) is 11.9 Å². The summed E-state index contributed by atoms with van der Waals surface area (Å²) >= 11 is 0. The van der Waals surface area contributed by atoms with Gasteiger partial charge in [-0.2, -0.15) is 0 Å². The first kappa shape index (κ1) is 15.6. The molecule has 2 aromatic carbocycles. The molecule has 0 radical (unpaired) electrons. The summed E-state index contributed by atoms with van der Waals surface area (Å²) in [6, 6.07) is 15.9. The van der Waals surface area contributed by atoms with Gasteiger partial charge < -0.3 is 16.0 Å². The first-order valence-electron chi connectivity index (χ1n) is 7.61. The van der Waals surface area contributed by atoms with Gasteiger partial charge >= 0.3 is 6.03 Å². The van der Waals surface area contributed by atoms with E-state index < -0.39 is 0 Å². The van der Waals surface area contributed by atoms with Gasteiger partial charge in [-0.3, -0.25) is 4.79 Å². The number of hydrogen-bond donors (Lipinski definition) is 3. The molecule has 0 spiro atoms. The van der Waals surface area contributed by atoms with Crippen molar-refractivity contribution in [3.05, 3.63) is 78.4 Å². The van der Waals surface area contributed by atoms with E-state index >= 15 is 0 Å². The molecular weight excluding hydrogens is 302 g/mol. The summed E-state index contributed by atoms with van der Waals surface area (Å²) in [5.41, 5.74) is 2.47. The Morgan fingerprint density at radius 3 is 2.12 bits per heavy atom. The Kier molecular flexibility index (Phi) is 4.72. The molecule has 3 rings (SSSR count). The van der Waals surface area contributed by atoms with Crippen LogP contribution in [0, 0.1) is 0 Å². The van der Waals surface area contributed by atoms with Crippen LogP contribution in [-0.2, 0) is 4.79 Å². The van der Waals surface area contributed by atoms with Crippen LogP contribution in [0.5, 0.6) is 0 Å². The minimum absolute atomic E-state index is 0.169. The van der Waals surface area contributed by atoms with Gasteiger partial charge in [0.25, 0.3) is 5.91 Å². The molecular formula is C19H17N3O2. The third-order valence-corrected chi connectivity index (χ3v) is 3.52. The van der Waals surface area contributed by atoms with E-state index in [4.69, 9.17) is 0 Å². The first-order valence-corrected chi connectivity index (χ1v) is 7.61. The lowest BCUT2D eigenvalue weighted by Crippen LogP contribution is -2.21. The largest absolute Gasteiger partial charge is 0.323 e. The van der Waals surface area contributed by atoms with Gasteiger partial charge in [0.15, 0.2) is 0 Å². The van der Waals surface area contributed by atoms with Crippen LogP contribution in [-0.4, -0.2) is 11.9 Å². The van der Waals surface area contributed by atoms with Crippen LogP contribution < -0.4 is 16.0 Å². The standard InChI is InChI=1S/C19H17N3O2/c23-18(14-8-4-5-9-14)21-16-12-6-7-13-17(16)22-19(24)20-15-10-2-1-3-11-15/h1-8,10-13H,9H2,(H,21,23)(H2,20,22,24). The second kappa shape index (κ2) is 7.28. The van der Waals surface area contributed by atoms with Gasteiger partial charge in [0.1, 0.15) is 0 Å². The van der Waals surface area contributed by atoms with Crippen molar-refractivity contribution in [1.29, 1.82) is 0 Å². The topological polar surface area (TPSA) is 70.2 Å². The molecule has 1 aliphatic rings. The number of urea groups is 1. The number of rotatable bonds is 4. The molecule has 5 heteroatoms. The number of carbonyl (C=O) groups is 2. The minimum atomic E-state index is -0.371. The van der Waals surface area contributed by atoms with Gasteiger partial charge in [-0.15, -0.1) is 0 Å². The summed E-state index contributed by atoms with van der Waals surface area (Å²) in [4.78, 5) is 24.3. The number of benzene rings is 2. The maximum Gasteiger partial charge on any atom is 0.323 e. The van der Waals surface area contributed by atoms with E-state index in [9.17, 15) is 9.59 Å². The Balaban J connectivity index is 1.67. The van der Waals surface area contributed by atoms with Crippen LogP contribution in [0.1, 0.15) is 6.42 Å². The Labute approximate surface area is 140 Å². The Bertz CT molecular complexity index is 810. The average molecular weight is 319 g/mol. The fourth-order valence-electron chi connectivity index (χ4n) is 2.33. The van der Waals surface area contributed by atoms with Crippen LogP contribution in [0.4, 0.5) is 21.9 Å². The van der Waals surface area contributed by atoms with Crippen LogP contribution >= 0.6 is 0 Å². The molecule has 0 saturated carbocycles. The molecule has 3 N–H and O–H groups in total. The predicted molar refractivity (Wildman–Crippen MR) is 96.0 cm³/mol. The fraction of sp³-hybridized carbons (Fsp3) is 0.0526. The van der Waals surface area contributed by atoms with Crippen molar-refractivity contribution < 1.29 is 9.59 Å². The Hall–Kier alpha value is -3.34.